The highest BCUT2D eigenvalue weighted by Crippen LogP contribution is 2.38. The molecule has 0 spiro atoms. The van der Waals surface area contributed by atoms with Gasteiger partial charge >= 0.3 is 5.97 Å². The maximum absolute atomic E-state index is 11.4. The van der Waals surface area contributed by atoms with Crippen molar-refractivity contribution in [2.24, 2.45) is 0 Å². The highest BCUT2D eigenvalue weighted by Gasteiger charge is 2.46. The maximum Gasteiger partial charge on any atom is 0.330 e. The second-order valence-electron chi connectivity index (χ2n) is 6.91. The minimum Gasteiger partial charge on any atom is -0.463 e. The van der Waals surface area contributed by atoms with Crippen molar-refractivity contribution < 1.29 is 24.5 Å². The number of aliphatic hydroxyl groups excluding tert-OH is 1. The summed E-state index contributed by atoms with van der Waals surface area (Å²) in [4.78, 5) is 11.4. The van der Waals surface area contributed by atoms with E-state index in [0.717, 1.165) is 12.0 Å². The predicted octanol–water partition coefficient (Wildman–Crippen LogP) is 2.35. The van der Waals surface area contributed by atoms with Gasteiger partial charge < -0.3 is 19.7 Å². The summed E-state index contributed by atoms with van der Waals surface area (Å²) >= 11 is 0. The summed E-state index contributed by atoms with van der Waals surface area (Å²) in [6, 6.07) is 0. The van der Waals surface area contributed by atoms with Crippen LogP contribution >= 0.6 is 0 Å². The van der Waals surface area contributed by atoms with E-state index in [1.54, 1.807) is 20.8 Å². The molecule has 0 aromatic carbocycles. The molecule has 1 rings (SSSR count). The zero-order valence-electron chi connectivity index (χ0n) is 14.4. The Balaban J connectivity index is 2.52. The van der Waals surface area contributed by atoms with E-state index in [1.807, 2.05) is 13.8 Å². The molecule has 1 saturated heterocycles. The first-order valence-corrected chi connectivity index (χ1v) is 8.00. The van der Waals surface area contributed by atoms with Crippen molar-refractivity contribution in [3.8, 4) is 0 Å². The van der Waals surface area contributed by atoms with Gasteiger partial charge in [0.2, 0.25) is 0 Å². The van der Waals surface area contributed by atoms with Crippen LogP contribution in [0.15, 0.2) is 11.6 Å². The van der Waals surface area contributed by atoms with Gasteiger partial charge in [0.15, 0.2) is 0 Å². The number of allylic oxidation sites excluding steroid dienone is 1. The van der Waals surface area contributed by atoms with Crippen LogP contribution < -0.4 is 0 Å². The van der Waals surface area contributed by atoms with Crippen LogP contribution in [0.1, 0.15) is 60.3 Å². The largest absolute Gasteiger partial charge is 0.463 e. The highest BCUT2D eigenvalue weighted by atomic mass is 16.5. The Morgan fingerprint density at radius 2 is 2.18 bits per heavy atom. The van der Waals surface area contributed by atoms with E-state index < -0.39 is 17.3 Å². The summed E-state index contributed by atoms with van der Waals surface area (Å²) in [5.74, 6) is -0.347. The van der Waals surface area contributed by atoms with Gasteiger partial charge in [-0.3, -0.25) is 0 Å². The van der Waals surface area contributed by atoms with E-state index in [9.17, 15) is 15.0 Å². The van der Waals surface area contributed by atoms with E-state index in [2.05, 4.69) is 0 Å². The van der Waals surface area contributed by atoms with Crippen molar-refractivity contribution in [2.45, 2.75) is 83.7 Å². The van der Waals surface area contributed by atoms with Crippen LogP contribution in [-0.4, -0.2) is 46.2 Å². The third-order valence-electron chi connectivity index (χ3n) is 4.27. The van der Waals surface area contributed by atoms with Crippen molar-refractivity contribution in [1.82, 2.24) is 0 Å². The molecule has 1 aliphatic rings. The van der Waals surface area contributed by atoms with Gasteiger partial charge in [-0.1, -0.05) is 5.57 Å². The van der Waals surface area contributed by atoms with E-state index in [0.29, 0.717) is 25.9 Å². The lowest BCUT2D eigenvalue weighted by molar-refractivity contribution is -0.153. The molecule has 0 amide bonds. The van der Waals surface area contributed by atoms with Gasteiger partial charge in [0, 0.05) is 6.08 Å². The summed E-state index contributed by atoms with van der Waals surface area (Å²) in [6.07, 6.45) is 3.13. The van der Waals surface area contributed by atoms with Crippen LogP contribution in [0.5, 0.6) is 0 Å². The van der Waals surface area contributed by atoms with Crippen LogP contribution in [0.25, 0.3) is 0 Å². The third kappa shape index (κ3) is 5.38. The van der Waals surface area contributed by atoms with Crippen molar-refractivity contribution in [3.63, 3.8) is 0 Å². The molecule has 1 aliphatic heterocycles. The van der Waals surface area contributed by atoms with Crippen LogP contribution in [0.3, 0.4) is 0 Å². The molecule has 0 aromatic rings. The maximum atomic E-state index is 11.4. The number of aliphatic hydroxyl groups is 2. The average Bonchev–Trinajstić information content (AvgIpc) is 2.80. The molecular formula is C17H30O5. The zero-order chi connectivity index (χ0) is 17.0. The van der Waals surface area contributed by atoms with Gasteiger partial charge in [0.25, 0.3) is 0 Å². The van der Waals surface area contributed by atoms with Crippen LogP contribution in [0, 0.1) is 0 Å². The molecule has 0 radical (unpaired) electrons. The summed E-state index contributed by atoms with van der Waals surface area (Å²) in [7, 11) is 0. The summed E-state index contributed by atoms with van der Waals surface area (Å²) < 4.78 is 10.8. The fourth-order valence-corrected chi connectivity index (χ4v) is 2.73. The number of esters is 1. The van der Waals surface area contributed by atoms with Gasteiger partial charge in [-0.25, -0.2) is 4.79 Å². The topological polar surface area (TPSA) is 76.0 Å². The first-order valence-electron chi connectivity index (χ1n) is 8.00. The van der Waals surface area contributed by atoms with Crippen LogP contribution in [0.2, 0.25) is 0 Å². The Bertz CT molecular complexity index is 410. The molecule has 5 heteroatoms. The molecule has 5 nitrogen and oxygen atoms in total. The summed E-state index contributed by atoms with van der Waals surface area (Å²) in [6.45, 7) is 9.30. The Hall–Kier alpha value is -0.910. The lowest BCUT2D eigenvalue weighted by Gasteiger charge is -2.33. The lowest BCUT2D eigenvalue weighted by Crippen LogP contribution is -2.43. The van der Waals surface area contributed by atoms with Crippen molar-refractivity contribution in [3.05, 3.63) is 11.6 Å². The van der Waals surface area contributed by atoms with Gasteiger partial charge in [0.1, 0.15) is 0 Å². The summed E-state index contributed by atoms with van der Waals surface area (Å²) in [5, 5.41) is 20.5. The molecule has 1 fully saturated rings. The SMILES string of the molecule is CCOC(=O)/C=C(\C)CC[C@H](O)[C@@]1(C)CC[C@H](C(C)(C)O)O1. The van der Waals surface area contributed by atoms with Crippen LogP contribution in [0.4, 0.5) is 0 Å². The van der Waals surface area contributed by atoms with Gasteiger partial charge in [-0.2, -0.15) is 0 Å². The number of hydrogen-bond acceptors (Lipinski definition) is 5. The Morgan fingerprint density at radius 1 is 1.55 bits per heavy atom. The molecule has 2 N–H and O–H groups in total. The molecule has 22 heavy (non-hydrogen) atoms. The van der Waals surface area contributed by atoms with Crippen LogP contribution in [-0.2, 0) is 14.3 Å². The van der Waals surface area contributed by atoms with E-state index in [4.69, 9.17) is 9.47 Å². The fraction of sp³-hybridized carbons (Fsp3) is 0.824. The van der Waals surface area contributed by atoms with E-state index in [1.165, 1.54) is 6.08 Å². The third-order valence-corrected chi connectivity index (χ3v) is 4.27. The van der Waals surface area contributed by atoms with Gasteiger partial charge in [0.05, 0.1) is 30.0 Å². The fourth-order valence-electron chi connectivity index (χ4n) is 2.73. The molecule has 128 valence electrons. The second-order valence-corrected chi connectivity index (χ2v) is 6.91. The monoisotopic (exact) mass is 314 g/mol. The quantitative estimate of drug-likeness (QED) is 0.557. The Morgan fingerprint density at radius 3 is 2.68 bits per heavy atom. The zero-order valence-corrected chi connectivity index (χ0v) is 14.4. The standard InChI is InChI=1S/C17H30O5/c1-6-21-15(19)11-12(2)7-8-13(18)17(5)10-9-14(22-17)16(3,4)20/h11,13-14,18,20H,6-10H2,1-5H3/b12-11+/t13-,14+,17+/m0/s1. The lowest BCUT2D eigenvalue weighted by atomic mass is 9.90. The number of ether oxygens (including phenoxy) is 2. The van der Waals surface area contributed by atoms with Crippen molar-refractivity contribution >= 4 is 5.97 Å². The Labute approximate surface area is 133 Å². The molecule has 0 bridgehead atoms. The molecule has 3 atom stereocenters. The first kappa shape index (κ1) is 19.1. The smallest absolute Gasteiger partial charge is 0.330 e. The molecular weight excluding hydrogens is 284 g/mol. The number of rotatable bonds is 7. The van der Waals surface area contributed by atoms with Crippen molar-refractivity contribution in [1.29, 1.82) is 0 Å². The average molecular weight is 314 g/mol. The van der Waals surface area contributed by atoms with Gasteiger partial charge in [-0.15, -0.1) is 0 Å². The van der Waals surface area contributed by atoms with Crippen molar-refractivity contribution in [2.75, 3.05) is 6.61 Å². The van der Waals surface area contributed by atoms with E-state index >= 15 is 0 Å². The predicted molar refractivity (Wildman–Crippen MR) is 84.4 cm³/mol. The minimum atomic E-state index is -0.906. The number of carbonyl (C=O) groups excluding carboxylic acids is 1. The van der Waals surface area contributed by atoms with E-state index in [-0.39, 0.29) is 12.1 Å². The van der Waals surface area contributed by atoms with Gasteiger partial charge in [-0.05, 0) is 60.3 Å². The number of hydrogen-bond donors (Lipinski definition) is 2. The second kappa shape index (κ2) is 7.57. The molecule has 0 aliphatic carbocycles. The highest BCUT2D eigenvalue weighted by molar-refractivity contribution is 5.82. The Kier molecular flexibility index (Phi) is 6.59. The normalized spacial score (nSPS) is 27.8. The molecule has 0 saturated carbocycles. The molecule has 1 heterocycles. The molecule has 0 aromatic heterocycles. The minimum absolute atomic E-state index is 0.261. The summed E-state index contributed by atoms with van der Waals surface area (Å²) in [5.41, 5.74) is -0.676. The number of carbonyl (C=O) groups is 1. The first-order chi connectivity index (χ1) is 10.1. The molecule has 0 unspecified atom stereocenters.